The second-order valence-electron chi connectivity index (χ2n) is 7.49. The molecule has 0 aliphatic carbocycles. The molecule has 3 aromatic rings. The Hall–Kier alpha value is -2.70. The number of benzene rings is 2. The van der Waals surface area contributed by atoms with Crippen LogP contribution in [0.4, 0.5) is 0 Å². The molecular formula is C20H18O6. The van der Waals surface area contributed by atoms with Gasteiger partial charge >= 0.3 is 0 Å². The fourth-order valence-electron chi connectivity index (χ4n) is 3.71. The molecule has 0 saturated carbocycles. The average Bonchev–Trinajstić information content (AvgIpc) is 3.11. The van der Waals surface area contributed by atoms with Crippen molar-refractivity contribution in [1.82, 2.24) is 0 Å². The van der Waals surface area contributed by atoms with Gasteiger partial charge in [0, 0.05) is 28.6 Å². The Morgan fingerprint density at radius 3 is 2.69 bits per heavy atom. The molecule has 0 saturated heterocycles. The Morgan fingerprint density at radius 1 is 1.12 bits per heavy atom. The van der Waals surface area contributed by atoms with Crippen LogP contribution in [0.15, 0.2) is 40.8 Å². The van der Waals surface area contributed by atoms with Crippen LogP contribution in [0, 0.1) is 0 Å². The number of hydrogen-bond donors (Lipinski definition) is 3. The van der Waals surface area contributed by atoms with Crippen molar-refractivity contribution in [1.29, 1.82) is 0 Å². The van der Waals surface area contributed by atoms with Gasteiger partial charge in [-0.2, -0.15) is 0 Å². The monoisotopic (exact) mass is 354 g/mol. The maximum Gasteiger partial charge on any atom is 0.168 e. The van der Waals surface area contributed by atoms with Gasteiger partial charge in [0.25, 0.3) is 0 Å². The molecule has 6 heteroatoms. The van der Waals surface area contributed by atoms with Crippen LogP contribution in [0.5, 0.6) is 17.2 Å². The summed E-state index contributed by atoms with van der Waals surface area (Å²) in [6.45, 7) is 3.35. The number of aromatic hydroxyl groups is 1. The highest BCUT2D eigenvalue weighted by atomic mass is 16.5. The van der Waals surface area contributed by atoms with Crippen LogP contribution in [-0.2, 0) is 11.2 Å². The molecule has 26 heavy (non-hydrogen) atoms. The largest absolute Gasteiger partial charge is 0.508 e. The van der Waals surface area contributed by atoms with Gasteiger partial charge in [0.1, 0.15) is 40.8 Å². The van der Waals surface area contributed by atoms with Gasteiger partial charge in [-0.25, -0.2) is 0 Å². The Morgan fingerprint density at radius 2 is 1.92 bits per heavy atom. The molecule has 2 aliphatic heterocycles. The molecule has 0 bridgehead atoms. The molecule has 0 fully saturated rings. The molecule has 2 atom stereocenters. The van der Waals surface area contributed by atoms with E-state index in [2.05, 4.69) is 0 Å². The molecule has 3 N–H and O–H groups in total. The molecular weight excluding hydrogens is 336 g/mol. The van der Waals surface area contributed by atoms with E-state index in [0.29, 0.717) is 34.0 Å². The summed E-state index contributed by atoms with van der Waals surface area (Å²) >= 11 is 0. The predicted molar refractivity (Wildman–Crippen MR) is 92.3 cm³/mol. The van der Waals surface area contributed by atoms with Crippen molar-refractivity contribution >= 4 is 11.0 Å². The lowest BCUT2D eigenvalue weighted by Crippen LogP contribution is -2.41. The van der Waals surface area contributed by atoms with Crippen molar-refractivity contribution in [2.75, 3.05) is 6.61 Å². The van der Waals surface area contributed by atoms with E-state index < -0.39 is 17.3 Å². The minimum absolute atomic E-state index is 0.0347. The van der Waals surface area contributed by atoms with Gasteiger partial charge in [0.15, 0.2) is 11.7 Å². The lowest BCUT2D eigenvalue weighted by atomic mass is 9.84. The van der Waals surface area contributed by atoms with E-state index in [1.165, 1.54) is 12.1 Å². The standard InChI is InChI=1S/C20H18O6/c1-19(2,22)17-6-10-5-12-15(8-14(10)25-17)24-9-20(23)13-4-3-11(21)7-16(13)26-18(12)20/h3-8,18,21-23H,9H2,1-2H3/t18-,20+/m1/s1. The van der Waals surface area contributed by atoms with E-state index in [-0.39, 0.29) is 12.4 Å². The summed E-state index contributed by atoms with van der Waals surface area (Å²) in [7, 11) is 0. The van der Waals surface area contributed by atoms with E-state index in [4.69, 9.17) is 13.9 Å². The summed E-state index contributed by atoms with van der Waals surface area (Å²) in [5.41, 5.74) is -0.537. The van der Waals surface area contributed by atoms with Crippen molar-refractivity contribution < 1.29 is 29.2 Å². The maximum absolute atomic E-state index is 11.2. The molecule has 2 aromatic carbocycles. The molecule has 1 aromatic heterocycles. The van der Waals surface area contributed by atoms with E-state index >= 15 is 0 Å². The molecule has 0 radical (unpaired) electrons. The Kier molecular flexibility index (Phi) is 2.82. The van der Waals surface area contributed by atoms with Crippen LogP contribution in [0.2, 0.25) is 0 Å². The van der Waals surface area contributed by atoms with E-state index in [0.717, 1.165) is 5.39 Å². The van der Waals surface area contributed by atoms with Gasteiger partial charge in [-0.15, -0.1) is 0 Å². The first-order valence-corrected chi connectivity index (χ1v) is 8.41. The quantitative estimate of drug-likeness (QED) is 0.622. The van der Waals surface area contributed by atoms with Crippen molar-refractivity contribution in [2.24, 2.45) is 0 Å². The number of rotatable bonds is 1. The third-order valence-electron chi connectivity index (χ3n) is 5.09. The van der Waals surface area contributed by atoms with Gasteiger partial charge in [0.2, 0.25) is 0 Å². The average molecular weight is 354 g/mol. The summed E-state index contributed by atoms with van der Waals surface area (Å²) in [4.78, 5) is 0. The van der Waals surface area contributed by atoms with Crippen molar-refractivity contribution in [2.45, 2.75) is 31.2 Å². The van der Waals surface area contributed by atoms with Crippen molar-refractivity contribution in [3.05, 3.63) is 53.3 Å². The number of fused-ring (bicyclic) bond motifs is 6. The van der Waals surface area contributed by atoms with Gasteiger partial charge in [-0.1, -0.05) is 0 Å². The van der Waals surface area contributed by atoms with E-state index in [9.17, 15) is 15.3 Å². The first-order valence-electron chi connectivity index (χ1n) is 8.41. The Bertz CT molecular complexity index is 1040. The molecule has 5 rings (SSSR count). The number of furan rings is 1. The predicted octanol–water partition coefficient (Wildman–Crippen LogP) is 3.08. The summed E-state index contributed by atoms with van der Waals surface area (Å²) < 4.78 is 17.5. The minimum Gasteiger partial charge on any atom is -0.508 e. The summed E-state index contributed by atoms with van der Waals surface area (Å²) in [6, 6.07) is 10.0. The lowest BCUT2D eigenvalue weighted by molar-refractivity contribution is -0.0862. The smallest absolute Gasteiger partial charge is 0.168 e. The minimum atomic E-state index is -1.33. The summed E-state index contributed by atoms with van der Waals surface area (Å²) in [6.07, 6.45) is -0.645. The zero-order valence-corrected chi connectivity index (χ0v) is 14.3. The van der Waals surface area contributed by atoms with Crippen LogP contribution in [0.25, 0.3) is 11.0 Å². The summed E-state index contributed by atoms with van der Waals surface area (Å²) in [5.74, 6) is 1.54. The molecule has 0 unspecified atom stereocenters. The van der Waals surface area contributed by atoms with Crippen LogP contribution < -0.4 is 9.47 Å². The molecule has 6 nitrogen and oxygen atoms in total. The van der Waals surface area contributed by atoms with E-state index in [1.807, 2.05) is 6.07 Å². The van der Waals surface area contributed by atoms with Gasteiger partial charge in [-0.3, -0.25) is 0 Å². The van der Waals surface area contributed by atoms with Crippen LogP contribution in [0.3, 0.4) is 0 Å². The number of phenols is 1. The first-order chi connectivity index (χ1) is 12.3. The zero-order chi connectivity index (χ0) is 18.3. The Balaban J connectivity index is 1.66. The molecule has 134 valence electrons. The van der Waals surface area contributed by atoms with Gasteiger partial charge in [0.05, 0.1) is 0 Å². The number of hydrogen-bond acceptors (Lipinski definition) is 6. The fraction of sp³-hybridized carbons (Fsp3) is 0.300. The number of ether oxygens (including phenoxy) is 2. The first kappa shape index (κ1) is 15.5. The third-order valence-corrected chi connectivity index (χ3v) is 5.09. The summed E-state index contributed by atoms with van der Waals surface area (Å²) in [5, 5.41) is 31.9. The van der Waals surface area contributed by atoms with Crippen molar-refractivity contribution in [3.8, 4) is 17.2 Å². The molecule has 0 spiro atoms. The maximum atomic E-state index is 11.2. The zero-order valence-electron chi connectivity index (χ0n) is 14.3. The highest BCUT2D eigenvalue weighted by Gasteiger charge is 2.53. The van der Waals surface area contributed by atoms with Crippen LogP contribution in [0.1, 0.15) is 36.8 Å². The highest BCUT2D eigenvalue weighted by Crippen LogP contribution is 2.54. The Labute approximate surface area is 149 Å². The number of aliphatic hydroxyl groups is 2. The normalized spacial score (nSPS) is 23.8. The molecule has 0 amide bonds. The third kappa shape index (κ3) is 2.00. The van der Waals surface area contributed by atoms with Gasteiger partial charge < -0.3 is 29.2 Å². The molecule has 3 heterocycles. The van der Waals surface area contributed by atoms with Crippen molar-refractivity contribution in [3.63, 3.8) is 0 Å². The highest BCUT2D eigenvalue weighted by molar-refractivity contribution is 5.81. The number of phenolic OH excluding ortho intramolecular Hbond substituents is 1. The SMILES string of the molecule is CC(C)(O)c1cc2cc3c(cc2o1)OC[C@]1(O)c2ccc(O)cc2O[C@H]31. The molecule has 2 aliphatic rings. The second-order valence-corrected chi connectivity index (χ2v) is 7.49. The van der Waals surface area contributed by atoms with E-state index in [1.54, 1.807) is 32.0 Å². The lowest BCUT2D eigenvalue weighted by Gasteiger charge is -2.34. The van der Waals surface area contributed by atoms with Gasteiger partial charge in [-0.05, 0) is 38.1 Å². The van der Waals surface area contributed by atoms with Crippen LogP contribution >= 0.6 is 0 Å². The second kappa shape index (κ2) is 4.72. The topological polar surface area (TPSA) is 92.3 Å². The fourth-order valence-corrected chi connectivity index (χ4v) is 3.71. The van der Waals surface area contributed by atoms with Crippen LogP contribution in [-0.4, -0.2) is 21.9 Å².